The Balaban J connectivity index is 1.95. The number of ether oxygens (including phenoxy) is 1. The summed E-state index contributed by atoms with van der Waals surface area (Å²) in [5.41, 5.74) is 0.263. The molecule has 2 heterocycles. The van der Waals surface area contributed by atoms with Gasteiger partial charge in [0.2, 0.25) is 11.0 Å². The van der Waals surface area contributed by atoms with Crippen molar-refractivity contribution < 1.29 is 9.84 Å². The standard InChI is InChI=1S/C14H12N4O3S2/c1-2-21-7-3-4-9-10(5-7)23-14(16-9)15-6-8-11(19)17-13(22)18-12(8)20/h3-6H,2H2,1H3,(H3,17,18,19,20,22). The molecule has 0 spiro atoms. The van der Waals surface area contributed by atoms with Crippen molar-refractivity contribution in [3.63, 3.8) is 0 Å². The zero-order valence-corrected chi connectivity index (χ0v) is 13.6. The Labute approximate surface area is 139 Å². The third kappa shape index (κ3) is 3.30. The molecule has 9 heteroatoms. The summed E-state index contributed by atoms with van der Waals surface area (Å²) >= 11 is 6.12. The number of aliphatic imine (C=N–C) groups is 1. The molecule has 2 aromatic heterocycles. The maximum Gasteiger partial charge on any atom is 0.264 e. The summed E-state index contributed by atoms with van der Waals surface area (Å²) in [4.78, 5) is 25.1. The molecule has 23 heavy (non-hydrogen) atoms. The van der Waals surface area contributed by atoms with E-state index in [-0.39, 0.29) is 16.2 Å². The van der Waals surface area contributed by atoms with Crippen molar-refractivity contribution in [3.8, 4) is 11.6 Å². The van der Waals surface area contributed by atoms with Gasteiger partial charge in [0.1, 0.15) is 11.3 Å². The summed E-state index contributed by atoms with van der Waals surface area (Å²) in [6.45, 7) is 2.51. The largest absolute Gasteiger partial charge is 0.494 e. The molecule has 3 rings (SSSR count). The maximum absolute atomic E-state index is 11.7. The van der Waals surface area contributed by atoms with E-state index in [0.29, 0.717) is 11.7 Å². The number of fused-ring (bicyclic) bond motifs is 1. The van der Waals surface area contributed by atoms with Crippen LogP contribution in [0.4, 0.5) is 5.13 Å². The van der Waals surface area contributed by atoms with Crippen LogP contribution < -0.4 is 10.3 Å². The molecule has 118 valence electrons. The van der Waals surface area contributed by atoms with Crippen LogP contribution in [0.3, 0.4) is 0 Å². The van der Waals surface area contributed by atoms with E-state index in [9.17, 15) is 9.90 Å². The number of H-pyrrole nitrogens is 2. The summed E-state index contributed by atoms with van der Waals surface area (Å²) in [7, 11) is 0. The first-order valence-electron chi connectivity index (χ1n) is 6.70. The van der Waals surface area contributed by atoms with Gasteiger partial charge >= 0.3 is 0 Å². The summed E-state index contributed by atoms with van der Waals surface area (Å²) in [6, 6.07) is 5.58. The van der Waals surface area contributed by atoms with Gasteiger partial charge in [-0.05, 0) is 37.3 Å². The Morgan fingerprint density at radius 3 is 3.04 bits per heavy atom. The molecule has 0 atom stereocenters. The van der Waals surface area contributed by atoms with E-state index in [1.54, 1.807) is 0 Å². The molecule has 0 aliphatic rings. The van der Waals surface area contributed by atoms with Gasteiger partial charge in [-0.15, -0.1) is 0 Å². The highest BCUT2D eigenvalue weighted by Gasteiger charge is 2.07. The number of rotatable bonds is 4. The number of benzene rings is 1. The Morgan fingerprint density at radius 2 is 2.30 bits per heavy atom. The number of nitrogens with zero attached hydrogens (tertiary/aromatic N) is 2. The number of nitrogens with one attached hydrogen (secondary N) is 2. The first-order valence-corrected chi connectivity index (χ1v) is 7.92. The zero-order chi connectivity index (χ0) is 16.4. The van der Waals surface area contributed by atoms with Crippen LogP contribution in [-0.2, 0) is 0 Å². The van der Waals surface area contributed by atoms with E-state index in [1.165, 1.54) is 17.6 Å². The van der Waals surface area contributed by atoms with Crippen molar-refractivity contribution in [1.29, 1.82) is 0 Å². The van der Waals surface area contributed by atoms with E-state index >= 15 is 0 Å². The van der Waals surface area contributed by atoms with Gasteiger partial charge in [0.05, 0.1) is 16.8 Å². The number of thiazole rings is 1. The van der Waals surface area contributed by atoms with Crippen LogP contribution in [0.1, 0.15) is 12.5 Å². The average molecular weight is 348 g/mol. The number of aromatic hydroxyl groups is 1. The van der Waals surface area contributed by atoms with E-state index in [2.05, 4.69) is 19.9 Å². The Morgan fingerprint density at radius 1 is 1.48 bits per heavy atom. The minimum atomic E-state index is -0.519. The third-order valence-electron chi connectivity index (χ3n) is 2.92. The predicted molar refractivity (Wildman–Crippen MR) is 92.0 cm³/mol. The molecule has 0 unspecified atom stereocenters. The Bertz CT molecular complexity index is 1000. The van der Waals surface area contributed by atoms with Crippen molar-refractivity contribution in [2.45, 2.75) is 6.92 Å². The fraction of sp³-hybridized carbons (Fsp3) is 0.143. The molecule has 7 nitrogen and oxygen atoms in total. The Hall–Kier alpha value is -2.52. The molecule has 0 radical (unpaired) electrons. The van der Waals surface area contributed by atoms with Crippen molar-refractivity contribution in [2.75, 3.05) is 6.61 Å². The van der Waals surface area contributed by atoms with Crippen LogP contribution in [0.2, 0.25) is 0 Å². The minimum Gasteiger partial charge on any atom is -0.494 e. The highest BCUT2D eigenvalue weighted by atomic mass is 32.1. The van der Waals surface area contributed by atoms with Crippen molar-refractivity contribution in [3.05, 3.63) is 38.9 Å². The topological polar surface area (TPSA) is 103 Å². The van der Waals surface area contributed by atoms with Crippen LogP contribution in [0, 0.1) is 4.77 Å². The molecule has 0 saturated carbocycles. The maximum atomic E-state index is 11.7. The number of aromatic amines is 2. The van der Waals surface area contributed by atoms with Crippen molar-refractivity contribution >= 4 is 45.1 Å². The highest BCUT2D eigenvalue weighted by molar-refractivity contribution is 7.71. The fourth-order valence-electron chi connectivity index (χ4n) is 1.93. The molecule has 3 N–H and O–H groups in total. The van der Waals surface area contributed by atoms with Crippen LogP contribution >= 0.6 is 23.6 Å². The molecule has 0 amide bonds. The molecule has 1 aromatic carbocycles. The van der Waals surface area contributed by atoms with Gasteiger partial charge < -0.3 is 14.8 Å². The number of hydrogen-bond acceptors (Lipinski definition) is 7. The van der Waals surface area contributed by atoms with Gasteiger partial charge in [0, 0.05) is 6.21 Å². The molecule has 0 aliphatic carbocycles. The molecule has 0 bridgehead atoms. The van der Waals surface area contributed by atoms with Gasteiger partial charge in [-0.3, -0.25) is 9.78 Å². The predicted octanol–water partition coefficient (Wildman–Crippen LogP) is 2.90. The second kappa shape index (κ2) is 6.31. The second-order valence-corrected chi connectivity index (χ2v) is 5.91. The van der Waals surface area contributed by atoms with Gasteiger partial charge in [-0.2, -0.15) is 0 Å². The lowest BCUT2D eigenvalue weighted by molar-refractivity contribution is 0.341. The van der Waals surface area contributed by atoms with E-state index in [0.717, 1.165) is 16.0 Å². The van der Waals surface area contributed by atoms with Crippen LogP contribution in [0.15, 0.2) is 28.0 Å². The molecular weight excluding hydrogens is 336 g/mol. The summed E-state index contributed by atoms with van der Waals surface area (Å²) < 4.78 is 6.42. The van der Waals surface area contributed by atoms with Crippen molar-refractivity contribution in [2.24, 2.45) is 4.99 Å². The van der Waals surface area contributed by atoms with Gasteiger partial charge in [-0.1, -0.05) is 11.3 Å². The lowest BCUT2D eigenvalue weighted by Crippen LogP contribution is -2.13. The summed E-state index contributed by atoms with van der Waals surface area (Å²) in [5.74, 6) is 0.436. The fourth-order valence-corrected chi connectivity index (χ4v) is 2.96. The number of hydrogen-bond donors (Lipinski definition) is 3. The van der Waals surface area contributed by atoms with Gasteiger partial charge in [0.15, 0.2) is 4.77 Å². The molecule has 3 aromatic rings. The average Bonchev–Trinajstić information content (AvgIpc) is 2.88. The molecule has 0 fully saturated rings. The molecule has 0 aliphatic heterocycles. The third-order valence-corrected chi connectivity index (χ3v) is 4.05. The first kappa shape index (κ1) is 15.4. The van der Waals surface area contributed by atoms with E-state index in [1.807, 2.05) is 25.1 Å². The van der Waals surface area contributed by atoms with Crippen LogP contribution in [0.25, 0.3) is 10.2 Å². The van der Waals surface area contributed by atoms with Gasteiger partial charge in [0.25, 0.3) is 5.56 Å². The Kier molecular flexibility index (Phi) is 4.22. The molecular formula is C14H12N4O3S2. The normalized spacial score (nSPS) is 11.3. The lowest BCUT2D eigenvalue weighted by Gasteiger charge is -2.00. The van der Waals surface area contributed by atoms with E-state index in [4.69, 9.17) is 17.0 Å². The minimum absolute atomic E-state index is 0.00661. The van der Waals surface area contributed by atoms with E-state index < -0.39 is 5.56 Å². The number of aromatic nitrogens is 3. The zero-order valence-electron chi connectivity index (χ0n) is 12.0. The van der Waals surface area contributed by atoms with Crippen molar-refractivity contribution in [1.82, 2.24) is 15.0 Å². The smallest absolute Gasteiger partial charge is 0.264 e. The summed E-state index contributed by atoms with van der Waals surface area (Å²) in [6.07, 6.45) is 1.25. The monoisotopic (exact) mass is 348 g/mol. The SMILES string of the molecule is CCOc1ccc2nc(N=Cc3c(O)[nH]c(=S)[nH]c3=O)sc2c1. The van der Waals surface area contributed by atoms with Crippen LogP contribution in [-0.4, -0.2) is 32.9 Å². The lowest BCUT2D eigenvalue weighted by atomic mass is 10.3. The quantitative estimate of drug-likeness (QED) is 0.497. The second-order valence-electron chi connectivity index (χ2n) is 4.49. The van der Waals surface area contributed by atoms with Crippen LogP contribution in [0.5, 0.6) is 11.6 Å². The summed E-state index contributed by atoms with van der Waals surface area (Å²) in [5, 5.41) is 10.2. The molecule has 0 saturated heterocycles. The highest BCUT2D eigenvalue weighted by Crippen LogP contribution is 2.30. The van der Waals surface area contributed by atoms with Gasteiger partial charge in [-0.25, -0.2) is 9.98 Å². The first-order chi connectivity index (χ1) is 11.1.